The molecule has 0 amide bonds. The van der Waals surface area contributed by atoms with Crippen LogP contribution in [0.1, 0.15) is 18.5 Å². The summed E-state index contributed by atoms with van der Waals surface area (Å²) in [5.41, 5.74) is 6.85. The third kappa shape index (κ3) is 3.06. The van der Waals surface area contributed by atoms with Gasteiger partial charge in [-0.1, -0.05) is 34.1 Å². The van der Waals surface area contributed by atoms with Crippen LogP contribution >= 0.6 is 15.9 Å². The van der Waals surface area contributed by atoms with E-state index < -0.39 is 0 Å². The summed E-state index contributed by atoms with van der Waals surface area (Å²) in [6, 6.07) is 15.8. The van der Waals surface area contributed by atoms with Gasteiger partial charge in [-0.25, -0.2) is 4.98 Å². The fraction of sp³-hybridized carbons (Fsp3) is 0.118. The van der Waals surface area contributed by atoms with E-state index >= 15 is 0 Å². The highest BCUT2D eigenvalue weighted by Gasteiger charge is 2.10. The number of aromatic nitrogens is 1. The molecule has 0 fully saturated rings. The van der Waals surface area contributed by atoms with Crippen molar-refractivity contribution >= 4 is 26.7 Å². The maximum absolute atomic E-state index is 5.95. The molecule has 1 aromatic heterocycles. The van der Waals surface area contributed by atoms with Crippen molar-refractivity contribution in [3.05, 3.63) is 64.8 Å². The number of nitrogens with zero attached hydrogens (tertiary/aromatic N) is 1. The fourth-order valence-electron chi connectivity index (χ4n) is 2.20. The number of fused-ring (bicyclic) bond motifs is 1. The van der Waals surface area contributed by atoms with Crippen LogP contribution < -0.4 is 10.5 Å². The van der Waals surface area contributed by atoms with E-state index in [0.717, 1.165) is 26.6 Å². The Labute approximate surface area is 131 Å². The number of pyridine rings is 1. The van der Waals surface area contributed by atoms with Crippen LogP contribution in [0.4, 0.5) is 0 Å². The number of hydrogen-bond acceptors (Lipinski definition) is 3. The second-order valence-corrected chi connectivity index (χ2v) is 5.86. The minimum Gasteiger partial charge on any atom is -0.439 e. The van der Waals surface area contributed by atoms with Crippen LogP contribution in [0.2, 0.25) is 0 Å². The van der Waals surface area contributed by atoms with Crippen molar-refractivity contribution in [3.8, 4) is 11.6 Å². The first-order chi connectivity index (χ1) is 10.1. The molecule has 4 heteroatoms. The molecule has 3 rings (SSSR count). The number of rotatable bonds is 3. The predicted octanol–water partition coefficient (Wildman–Crippen LogP) is 4.81. The van der Waals surface area contributed by atoms with E-state index in [2.05, 4.69) is 33.0 Å². The van der Waals surface area contributed by atoms with Gasteiger partial charge in [-0.05, 0) is 48.0 Å². The maximum atomic E-state index is 5.95. The van der Waals surface area contributed by atoms with Gasteiger partial charge in [-0.15, -0.1) is 0 Å². The Hall–Kier alpha value is -1.91. The normalized spacial score (nSPS) is 12.3. The Morgan fingerprint density at radius 3 is 2.67 bits per heavy atom. The highest BCUT2D eigenvalue weighted by molar-refractivity contribution is 9.10. The summed E-state index contributed by atoms with van der Waals surface area (Å²) in [4.78, 5) is 4.28. The summed E-state index contributed by atoms with van der Waals surface area (Å²) in [6.45, 7) is 1.92. The van der Waals surface area contributed by atoms with Crippen molar-refractivity contribution in [2.75, 3.05) is 0 Å². The Morgan fingerprint density at radius 1 is 1.10 bits per heavy atom. The lowest BCUT2D eigenvalue weighted by Gasteiger charge is -2.12. The first-order valence-corrected chi connectivity index (χ1v) is 7.50. The third-order valence-corrected chi connectivity index (χ3v) is 3.77. The number of hydrogen-bond donors (Lipinski definition) is 1. The van der Waals surface area contributed by atoms with Crippen LogP contribution in [0.15, 0.2) is 59.2 Å². The van der Waals surface area contributed by atoms with E-state index in [4.69, 9.17) is 10.5 Å². The molecule has 106 valence electrons. The van der Waals surface area contributed by atoms with Crippen molar-refractivity contribution in [3.63, 3.8) is 0 Å². The van der Waals surface area contributed by atoms with E-state index in [1.165, 1.54) is 0 Å². The minimum absolute atomic E-state index is 0.120. The molecular weight excluding hydrogens is 328 g/mol. The Balaban J connectivity index is 1.97. The van der Waals surface area contributed by atoms with Crippen molar-refractivity contribution in [2.45, 2.75) is 13.0 Å². The zero-order valence-electron chi connectivity index (χ0n) is 11.6. The zero-order chi connectivity index (χ0) is 14.8. The maximum Gasteiger partial charge on any atom is 0.223 e. The number of halogens is 1. The molecule has 1 heterocycles. The van der Waals surface area contributed by atoms with E-state index in [0.29, 0.717) is 5.88 Å². The zero-order valence-corrected chi connectivity index (χ0v) is 13.2. The lowest BCUT2D eigenvalue weighted by molar-refractivity contribution is 0.453. The lowest BCUT2D eigenvalue weighted by atomic mass is 10.1. The van der Waals surface area contributed by atoms with Crippen LogP contribution in [0.3, 0.4) is 0 Å². The predicted molar refractivity (Wildman–Crippen MR) is 88.6 cm³/mol. The SMILES string of the molecule is C[C@H](N)c1cccnc1Oc1ccc2cc(Br)ccc2c1. The minimum atomic E-state index is -0.120. The molecule has 0 saturated heterocycles. The fourth-order valence-corrected chi connectivity index (χ4v) is 2.58. The molecule has 3 nitrogen and oxygen atoms in total. The second-order valence-electron chi connectivity index (χ2n) is 4.94. The highest BCUT2D eigenvalue weighted by atomic mass is 79.9. The molecule has 3 aromatic rings. The molecule has 2 aromatic carbocycles. The second kappa shape index (κ2) is 5.84. The van der Waals surface area contributed by atoms with E-state index in [1.807, 2.05) is 43.3 Å². The molecule has 21 heavy (non-hydrogen) atoms. The molecule has 0 bridgehead atoms. The quantitative estimate of drug-likeness (QED) is 0.742. The summed E-state index contributed by atoms with van der Waals surface area (Å²) < 4.78 is 6.97. The van der Waals surface area contributed by atoms with Crippen LogP contribution in [0, 0.1) is 0 Å². The molecule has 0 saturated carbocycles. The molecule has 0 spiro atoms. The summed E-state index contributed by atoms with van der Waals surface area (Å²) in [5.74, 6) is 1.31. The van der Waals surface area contributed by atoms with Gasteiger partial charge in [-0.2, -0.15) is 0 Å². The standard InChI is InChI=1S/C17H15BrN2O/c1-11(19)16-3-2-8-20-17(16)21-15-7-5-12-9-14(18)6-4-13(12)10-15/h2-11H,19H2,1H3/t11-/m0/s1. The van der Waals surface area contributed by atoms with E-state index in [1.54, 1.807) is 6.20 Å². The topological polar surface area (TPSA) is 48.1 Å². The van der Waals surface area contributed by atoms with Crippen molar-refractivity contribution in [1.29, 1.82) is 0 Å². The molecule has 1 atom stereocenters. The monoisotopic (exact) mass is 342 g/mol. The van der Waals surface area contributed by atoms with Crippen molar-refractivity contribution in [1.82, 2.24) is 4.98 Å². The Kier molecular flexibility index (Phi) is 3.90. The van der Waals surface area contributed by atoms with Crippen LogP contribution in [0.5, 0.6) is 11.6 Å². The van der Waals surface area contributed by atoms with Gasteiger partial charge in [0.1, 0.15) is 5.75 Å². The first-order valence-electron chi connectivity index (χ1n) is 6.71. The molecule has 2 N–H and O–H groups in total. The van der Waals surface area contributed by atoms with Gasteiger partial charge in [-0.3, -0.25) is 0 Å². The Morgan fingerprint density at radius 2 is 1.86 bits per heavy atom. The lowest BCUT2D eigenvalue weighted by Crippen LogP contribution is -2.07. The summed E-state index contributed by atoms with van der Waals surface area (Å²) in [6.07, 6.45) is 1.71. The molecule has 0 radical (unpaired) electrons. The van der Waals surface area contributed by atoms with Crippen LogP contribution in [0.25, 0.3) is 10.8 Å². The van der Waals surface area contributed by atoms with Crippen molar-refractivity contribution in [2.24, 2.45) is 5.73 Å². The molecule has 0 aliphatic carbocycles. The largest absolute Gasteiger partial charge is 0.439 e. The highest BCUT2D eigenvalue weighted by Crippen LogP contribution is 2.29. The van der Waals surface area contributed by atoms with Gasteiger partial charge in [0.15, 0.2) is 0 Å². The Bertz CT molecular complexity index is 787. The average Bonchev–Trinajstić information content (AvgIpc) is 2.48. The van der Waals surface area contributed by atoms with Gasteiger partial charge < -0.3 is 10.5 Å². The number of nitrogens with two attached hydrogens (primary N) is 1. The van der Waals surface area contributed by atoms with Gasteiger partial charge in [0.2, 0.25) is 5.88 Å². The van der Waals surface area contributed by atoms with E-state index in [9.17, 15) is 0 Å². The molecular formula is C17H15BrN2O. The van der Waals surface area contributed by atoms with Gasteiger partial charge in [0.05, 0.1) is 0 Å². The number of benzene rings is 2. The molecule has 0 aliphatic rings. The first kappa shape index (κ1) is 14.0. The summed E-state index contributed by atoms with van der Waals surface area (Å²) >= 11 is 3.48. The van der Waals surface area contributed by atoms with Gasteiger partial charge >= 0.3 is 0 Å². The summed E-state index contributed by atoms with van der Waals surface area (Å²) in [5, 5.41) is 2.28. The van der Waals surface area contributed by atoms with Crippen LogP contribution in [-0.4, -0.2) is 4.98 Å². The van der Waals surface area contributed by atoms with Crippen LogP contribution in [-0.2, 0) is 0 Å². The third-order valence-electron chi connectivity index (χ3n) is 3.28. The van der Waals surface area contributed by atoms with Gasteiger partial charge in [0.25, 0.3) is 0 Å². The van der Waals surface area contributed by atoms with Crippen molar-refractivity contribution < 1.29 is 4.74 Å². The molecule has 0 unspecified atom stereocenters. The average molecular weight is 343 g/mol. The summed E-state index contributed by atoms with van der Waals surface area (Å²) in [7, 11) is 0. The van der Waals surface area contributed by atoms with E-state index in [-0.39, 0.29) is 6.04 Å². The smallest absolute Gasteiger partial charge is 0.223 e. The number of ether oxygens (including phenoxy) is 1. The van der Waals surface area contributed by atoms with Gasteiger partial charge in [0, 0.05) is 22.3 Å². The molecule has 0 aliphatic heterocycles.